The molecule has 1 aromatic rings. The largest absolute Gasteiger partial charge is 0.478 e. The first-order chi connectivity index (χ1) is 17.4. The maximum Gasteiger partial charge on any atom is 0.395 e. The molecule has 2 aliphatic rings. The van der Waals surface area contributed by atoms with Gasteiger partial charge in [-0.3, -0.25) is 14.4 Å². The molecule has 1 fully saturated rings. The summed E-state index contributed by atoms with van der Waals surface area (Å²) in [7, 11) is 0. The number of furan rings is 1. The fourth-order valence-electron chi connectivity index (χ4n) is 4.43. The maximum atomic E-state index is 13.3. The number of carbonyl (C=O) groups is 4. The van der Waals surface area contributed by atoms with Gasteiger partial charge in [0.2, 0.25) is 5.91 Å². The molecule has 8 nitrogen and oxygen atoms in total. The Labute approximate surface area is 209 Å². The number of carboxylic acids is 1. The van der Waals surface area contributed by atoms with Crippen molar-refractivity contribution in [2.24, 2.45) is 11.8 Å². The summed E-state index contributed by atoms with van der Waals surface area (Å²) in [5.41, 5.74) is 0.273. The van der Waals surface area contributed by atoms with Crippen molar-refractivity contribution in [2.45, 2.75) is 44.4 Å². The molecule has 0 aromatic carbocycles. The molecule has 200 valence electrons. The number of carbonyl (C=O) groups excluding carboxylic acids is 3. The summed E-state index contributed by atoms with van der Waals surface area (Å²) in [6, 6.07) is 0.138. The lowest BCUT2D eigenvalue weighted by Crippen LogP contribution is -2.54. The second-order valence-electron chi connectivity index (χ2n) is 8.82. The van der Waals surface area contributed by atoms with Gasteiger partial charge in [0, 0.05) is 12.6 Å². The van der Waals surface area contributed by atoms with Crippen LogP contribution in [0.3, 0.4) is 0 Å². The van der Waals surface area contributed by atoms with Gasteiger partial charge in [0.15, 0.2) is 18.2 Å². The van der Waals surface area contributed by atoms with E-state index in [1.165, 1.54) is 36.1 Å². The molecule has 1 aromatic heterocycles. The highest BCUT2D eigenvalue weighted by Gasteiger charge is 2.44. The molecule has 1 saturated heterocycles. The summed E-state index contributed by atoms with van der Waals surface area (Å²) in [6.07, 6.45) is 2.21. The summed E-state index contributed by atoms with van der Waals surface area (Å²) in [5, 5.41) is 11.1. The van der Waals surface area contributed by atoms with E-state index < -0.39 is 60.3 Å². The number of likely N-dealkylation sites (tertiary alicyclic amines) is 1. The van der Waals surface area contributed by atoms with Gasteiger partial charge in [0.25, 0.3) is 5.91 Å². The van der Waals surface area contributed by atoms with Gasteiger partial charge in [-0.1, -0.05) is 25.2 Å². The number of nitrogens with zero attached hydrogens (tertiary/aromatic N) is 1. The van der Waals surface area contributed by atoms with Crippen LogP contribution in [0.4, 0.5) is 17.6 Å². The fraction of sp³-hybridized carbons (Fsp3) is 0.440. The van der Waals surface area contributed by atoms with Crippen LogP contribution in [-0.4, -0.2) is 65.1 Å². The van der Waals surface area contributed by atoms with Crippen molar-refractivity contribution in [1.29, 1.82) is 0 Å². The first kappa shape index (κ1) is 27.9. The van der Waals surface area contributed by atoms with Crippen LogP contribution in [0.1, 0.15) is 42.5 Å². The van der Waals surface area contributed by atoms with Gasteiger partial charge in [-0.15, -0.1) is 0 Å². The third kappa shape index (κ3) is 6.55. The summed E-state index contributed by atoms with van der Waals surface area (Å²) in [4.78, 5) is 50.0. The number of allylic oxidation sites excluding steroid dienone is 4. The van der Waals surface area contributed by atoms with Gasteiger partial charge < -0.3 is 19.7 Å². The lowest BCUT2D eigenvalue weighted by atomic mass is 9.82. The van der Waals surface area contributed by atoms with Crippen molar-refractivity contribution in [3.63, 3.8) is 0 Å². The predicted octanol–water partition coefficient (Wildman–Crippen LogP) is 3.71. The normalized spacial score (nSPS) is 23.0. The van der Waals surface area contributed by atoms with Crippen molar-refractivity contribution in [2.75, 3.05) is 13.2 Å². The number of halogens is 4. The van der Waals surface area contributed by atoms with E-state index in [0.29, 0.717) is 18.9 Å². The maximum absolute atomic E-state index is 13.3. The van der Waals surface area contributed by atoms with E-state index in [9.17, 15) is 36.7 Å². The Morgan fingerprint density at radius 2 is 1.97 bits per heavy atom. The van der Waals surface area contributed by atoms with E-state index in [2.05, 4.69) is 5.32 Å². The Balaban J connectivity index is 1.78. The van der Waals surface area contributed by atoms with Gasteiger partial charge in [0.1, 0.15) is 17.8 Å². The Morgan fingerprint density at radius 3 is 2.62 bits per heavy atom. The van der Waals surface area contributed by atoms with Crippen LogP contribution in [0.2, 0.25) is 0 Å². The molecule has 12 heteroatoms. The summed E-state index contributed by atoms with van der Waals surface area (Å²) >= 11 is 0. The van der Waals surface area contributed by atoms with Crippen molar-refractivity contribution in [3.8, 4) is 0 Å². The Bertz CT molecular complexity index is 1140. The van der Waals surface area contributed by atoms with Gasteiger partial charge in [-0.25, -0.2) is 9.18 Å². The Morgan fingerprint density at radius 1 is 1.24 bits per heavy atom. The zero-order valence-corrected chi connectivity index (χ0v) is 19.8. The van der Waals surface area contributed by atoms with Gasteiger partial charge >= 0.3 is 12.1 Å². The molecule has 0 bridgehead atoms. The molecule has 2 N–H and O–H groups in total. The van der Waals surface area contributed by atoms with Crippen molar-refractivity contribution >= 4 is 29.1 Å². The summed E-state index contributed by atoms with van der Waals surface area (Å²) in [6.45, 7) is 0.143. The average Bonchev–Trinajstić information content (AvgIpc) is 3.34. The minimum Gasteiger partial charge on any atom is -0.478 e. The van der Waals surface area contributed by atoms with E-state index >= 15 is 0 Å². The molecule has 0 spiro atoms. The number of alkyl halides is 4. The third-order valence-electron chi connectivity index (χ3n) is 6.38. The second kappa shape index (κ2) is 11.6. The molecule has 2 amide bonds. The van der Waals surface area contributed by atoms with Crippen LogP contribution in [-0.2, 0) is 14.4 Å². The molecule has 3 rings (SSSR count). The van der Waals surface area contributed by atoms with Crippen molar-refractivity contribution in [3.05, 3.63) is 54.0 Å². The molecule has 2 heterocycles. The molecule has 37 heavy (non-hydrogen) atoms. The topological polar surface area (TPSA) is 117 Å². The van der Waals surface area contributed by atoms with Crippen molar-refractivity contribution < 1.29 is 46.3 Å². The minimum atomic E-state index is -4.45. The van der Waals surface area contributed by atoms with E-state index in [0.717, 1.165) is 12.2 Å². The smallest absolute Gasteiger partial charge is 0.395 e. The highest BCUT2D eigenvalue weighted by atomic mass is 19.4. The molecule has 1 aliphatic carbocycles. The van der Waals surface area contributed by atoms with Crippen LogP contribution in [0, 0.1) is 11.8 Å². The lowest BCUT2D eigenvalue weighted by molar-refractivity contribution is -0.168. The standard InChI is InChI=1S/C25H26F4N2O6/c1-14-15(5-4-6-16(14)25(27,28)29)20-9-10-21(37-20)24(36)31-12-3-2-7-18(31)23(35)30-17(19(32)13-26)8-11-22(33)34/h4-6,8-11,14,16-18H,2-3,7,12-13H2,1H3,(H,30,35)(H,33,34)/b11-8+/t14?,16?,17?,18-/m0/s1. The number of aliphatic carboxylic acids is 1. The van der Waals surface area contributed by atoms with Crippen molar-refractivity contribution in [1.82, 2.24) is 10.2 Å². The molecular weight excluding hydrogens is 500 g/mol. The van der Waals surface area contributed by atoms with Crippen LogP contribution in [0.15, 0.2) is 46.9 Å². The fourth-order valence-corrected chi connectivity index (χ4v) is 4.43. The number of ketones is 1. The van der Waals surface area contributed by atoms with E-state index in [4.69, 9.17) is 9.52 Å². The molecule has 0 saturated carbocycles. The van der Waals surface area contributed by atoms with E-state index in [-0.39, 0.29) is 30.1 Å². The number of hydrogen-bond donors (Lipinski definition) is 2. The lowest BCUT2D eigenvalue weighted by Gasteiger charge is -2.34. The molecule has 3 unspecified atom stereocenters. The number of Topliss-reactive ketones (excluding diaryl/α,β-unsaturated/α-hetero) is 1. The summed E-state index contributed by atoms with van der Waals surface area (Å²) < 4.78 is 58.6. The number of amides is 2. The van der Waals surface area contributed by atoms with E-state index in [1.54, 1.807) is 0 Å². The van der Waals surface area contributed by atoms with Crippen LogP contribution >= 0.6 is 0 Å². The average molecular weight is 526 g/mol. The monoisotopic (exact) mass is 526 g/mol. The Kier molecular flexibility index (Phi) is 8.72. The highest BCUT2D eigenvalue weighted by Crippen LogP contribution is 2.42. The predicted molar refractivity (Wildman–Crippen MR) is 123 cm³/mol. The Hall–Kier alpha value is -3.70. The van der Waals surface area contributed by atoms with Crippen LogP contribution < -0.4 is 5.32 Å². The number of rotatable bonds is 8. The van der Waals surface area contributed by atoms with E-state index in [1.807, 2.05) is 0 Å². The molecule has 1 aliphatic heterocycles. The first-order valence-corrected chi connectivity index (χ1v) is 11.6. The zero-order valence-electron chi connectivity index (χ0n) is 19.8. The number of hydrogen-bond acceptors (Lipinski definition) is 5. The van der Waals surface area contributed by atoms with Gasteiger partial charge in [-0.2, -0.15) is 13.2 Å². The number of piperidine rings is 1. The zero-order chi connectivity index (χ0) is 27.3. The highest BCUT2D eigenvalue weighted by molar-refractivity contribution is 5.98. The quantitative estimate of drug-likeness (QED) is 0.394. The second-order valence-corrected chi connectivity index (χ2v) is 8.82. The molecular formula is C25H26F4N2O6. The first-order valence-electron chi connectivity index (χ1n) is 11.6. The molecule has 0 radical (unpaired) electrons. The molecule has 4 atom stereocenters. The van der Waals surface area contributed by atoms with Crippen LogP contribution in [0.25, 0.3) is 5.57 Å². The summed E-state index contributed by atoms with van der Waals surface area (Å²) in [5.74, 6) is -6.64. The minimum absolute atomic E-state index is 0.0971. The number of nitrogens with one attached hydrogen (secondary N) is 1. The van der Waals surface area contributed by atoms with Gasteiger partial charge in [-0.05, 0) is 49.0 Å². The SMILES string of the molecule is CC1C(c2ccc(C(=O)N3CCCC[C@H]3C(=O)NC(/C=C/C(=O)O)C(=O)CF)o2)=CC=CC1C(F)(F)F. The number of carboxylic acid groups (broad SMARTS) is 1. The third-order valence-corrected chi connectivity index (χ3v) is 6.38. The van der Waals surface area contributed by atoms with Crippen LogP contribution in [0.5, 0.6) is 0 Å². The van der Waals surface area contributed by atoms with Gasteiger partial charge in [0.05, 0.1) is 5.92 Å².